The molecule has 1 saturated heterocycles. The predicted octanol–water partition coefficient (Wildman–Crippen LogP) is 3.88. The zero-order valence-corrected chi connectivity index (χ0v) is 10.3. The zero-order valence-electron chi connectivity index (χ0n) is 10.3. The number of hydrogen-bond donors (Lipinski definition) is 0. The molecule has 0 radical (unpaired) electrons. The van der Waals surface area contributed by atoms with Crippen LogP contribution in [0.4, 0.5) is 0 Å². The van der Waals surface area contributed by atoms with Crippen molar-refractivity contribution in [2.75, 3.05) is 13.2 Å². The normalized spacial score (nSPS) is 22.3. The van der Waals surface area contributed by atoms with E-state index in [4.69, 9.17) is 4.74 Å². The number of rotatable bonds is 4. The van der Waals surface area contributed by atoms with Crippen molar-refractivity contribution in [1.82, 2.24) is 0 Å². The van der Waals surface area contributed by atoms with Crippen LogP contribution >= 0.6 is 0 Å². The molecule has 0 N–H and O–H groups in total. The van der Waals surface area contributed by atoms with Crippen LogP contribution in [0.5, 0.6) is 0 Å². The molecule has 1 nitrogen and oxygen atoms in total. The van der Waals surface area contributed by atoms with Crippen molar-refractivity contribution < 1.29 is 4.74 Å². The molecule has 0 aromatic carbocycles. The van der Waals surface area contributed by atoms with Gasteiger partial charge in [-0.1, -0.05) is 34.1 Å². The van der Waals surface area contributed by atoms with Crippen LogP contribution in [0, 0.1) is 17.3 Å². The van der Waals surface area contributed by atoms with E-state index >= 15 is 0 Å². The minimum absolute atomic E-state index is 0.526. The van der Waals surface area contributed by atoms with Gasteiger partial charge in [0.15, 0.2) is 0 Å². The van der Waals surface area contributed by atoms with Crippen LogP contribution in [0.2, 0.25) is 0 Å². The van der Waals surface area contributed by atoms with Crippen molar-refractivity contribution in [2.24, 2.45) is 17.3 Å². The lowest BCUT2D eigenvalue weighted by Crippen LogP contribution is -2.25. The molecule has 1 aliphatic rings. The summed E-state index contributed by atoms with van der Waals surface area (Å²) in [5.41, 5.74) is 0.526. The highest BCUT2D eigenvalue weighted by atomic mass is 16.5. The van der Waals surface area contributed by atoms with E-state index in [1.54, 1.807) is 0 Å². The Bertz CT molecular complexity index is 157. The molecule has 1 atom stereocenters. The first-order valence-electron chi connectivity index (χ1n) is 6.13. The molecule has 0 bridgehead atoms. The summed E-state index contributed by atoms with van der Waals surface area (Å²) in [6, 6.07) is 0. The molecule has 1 unspecified atom stereocenters. The smallest absolute Gasteiger partial charge is 0.0468 e. The molecule has 0 spiro atoms. The molecule has 1 rings (SSSR count). The first kappa shape index (κ1) is 12.0. The molecule has 0 aromatic rings. The first-order chi connectivity index (χ1) is 6.55. The van der Waals surface area contributed by atoms with Crippen LogP contribution in [0.3, 0.4) is 0 Å². The molecule has 14 heavy (non-hydrogen) atoms. The Morgan fingerprint density at radius 1 is 1.29 bits per heavy atom. The van der Waals surface area contributed by atoms with Crippen molar-refractivity contribution in [3.8, 4) is 0 Å². The molecule has 0 amide bonds. The van der Waals surface area contributed by atoms with Gasteiger partial charge in [0.05, 0.1) is 0 Å². The van der Waals surface area contributed by atoms with Crippen molar-refractivity contribution >= 4 is 0 Å². The Morgan fingerprint density at radius 3 is 2.36 bits per heavy atom. The minimum Gasteiger partial charge on any atom is -0.381 e. The van der Waals surface area contributed by atoms with Crippen LogP contribution in [-0.4, -0.2) is 13.2 Å². The van der Waals surface area contributed by atoms with Crippen LogP contribution in [-0.2, 0) is 4.74 Å². The second kappa shape index (κ2) is 5.16. The average molecular weight is 198 g/mol. The molecule has 0 saturated carbocycles. The topological polar surface area (TPSA) is 9.23 Å². The van der Waals surface area contributed by atoms with E-state index in [-0.39, 0.29) is 0 Å². The third-order valence-electron chi connectivity index (χ3n) is 3.90. The van der Waals surface area contributed by atoms with E-state index in [2.05, 4.69) is 27.7 Å². The molecule has 0 aromatic heterocycles. The predicted molar refractivity (Wildman–Crippen MR) is 61.4 cm³/mol. The van der Waals surface area contributed by atoms with Gasteiger partial charge in [-0.15, -0.1) is 0 Å². The van der Waals surface area contributed by atoms with Crippen LogP contribution in [0.25, 0.3) is 0 Å². The Kier molecular flexibility index (Phi) is 4.43. The van der Waals surface area contributed by atoms with Gasteiger partial charge in [0.25, 0.3) is 0 Å². The van der Waals surface area contributed by atoms with E-state index in [1.807, 2.05) is 0 Å². The van der Waals surface area contributed by atoms with E-state index in [0.717, 1.165) is 25.0 Å². The lowest BCUT2D eigenvalue weighted by molar-refractivity contribution is 0.0406. The summed E-state index contributed by atoms with van der Waals surface area (Å²) in [5.74, 6) is 1.78. The standard InChI is InChI=1S/C13H26O/c1-5-13(3,4)10-11(2)12-6-8-14-9-7-12/h11-12H,5-10H2,1-4H3. The first-order valence-corrected chi connectivity index (χ1v) is 6.13. The summed E-state index contributed by atoms with van der Waals surface area (Å²) in [7, 11) is 0. The lowest BCUT2D eigenvalue weighted by Gasteiger charge is -2.33. The second-order valence-electron chi connectivity index (χ2n) is 5.65. The quantitative estimate of drug-likeness (QED) is 0.666. The monoisotopic (exact) mass is 198 g/mol. The van der Waals surface area contributed by atoms with E-state index in [0.29, 0.717) is 5.41 Å². The van der Waals surface area contributed by atoms with Gasteiger partial charge in [0, 0.05) is 13.2 Å². The molecule has 1 fully saturated rings. The van der Waals surface area contributed by atoms with Gasteiger partial charge < -0.3 is 4.74 Å². The maximum Gasteiger partial charge on any atom is 0.0468 e. The van der Waals surface area contributed by atoms with Crippen molar-refractivity contribution in [2.45, 2.75) is 53.4 Å². The van der Waals surface area contributed by atoms with Crippen LogP contribution in [0.15, 0.2) is 0 Å². The molecular weight excluding hydrogens is 172 g/mol. The Balaban J connectivity index is 2.36. The van der Waals surface area contributed by atoms with E-state index < -0.39 is 0 Å². The van der Waals surface area contributed by atoms with Crippen molar-refractivity contribution in [1.29, 1.82) is 0 Å². The fourth-order valence-electron chi connectivity index (χ4n) is 2.47. The average Bonchev–Trinajstić information content (AvgIpc) is 2.19. The van der Waals surface area contributed by atoms with Gasteiger partial charge >= 0.3 is 0 Å². The highest BCUT2D eigenvalue weighted by molar-refractivity contribution is 4.76. The summed E-state index contributed by atoms with van der Waals surface area (Å²) >= 11 is 0. The van der Waals surface area contributed by atoms with Crippen molar-refractivity contribution in [3.05, 3.63) is 0 Å². The summed E-state index contributed by atoms with van der Waals surface area (Å²) in [6.45, 7) is 11.5. The fourth-order valence-corrected chi connectivity index (χ4v) is 2.47. The largest absolute Gasteiger partial charge is 0.381 e. The van der Waals surface area contributed by atoms with Gasteiger partial charge in [-0.05, 0) is 36.5 Å². The molecule has 1 heterocycles. The molecule has 84 valence electrons. The highest BCUT2D eigenvalue weighted by Crippen LogP contribution is 2.35. The van der Waals surface area contributed by atoms with E-state index in [1.165, 1.54) is 25.7 Å². The van der Waals surface area contributed by atoms with Gasteiger partial charge in [0.1, 0.15) is 0 Å². The summed E-state index contributed by atoms with van der Waals surface area (Å²) < 4.78 is 5.41. The third kappa shape index (κ3) is 3.61. The number of hydrogen-bond acceptors (Lipinski definition) is 1. The van der Waals surface area contributed by atoms with Gasteiger partial charge in [0.2, 0.25) is 0 Å². The van der Waals surface area contributed by atoms with Gasteiger partial charge in [-0.25, -0.2) is 0 Å². The second-order valence-corrected chi connectivity index (χ2v) is 5.65. The molecular formula is C13H26O. The third-order valence-corrected chi connectivity index (χ3v) is 3.90. The Morgan fingerprint density at radius 2 is 1.86 bits per heavy atom. The molecule has 1 heteroatoms. The minimum atomic E-state index is 0.526. The maximum atomic E-state index is 5.41. The van der Waals surface area contributed by atoms with Crippen LogP contribution < -0.4 is 0 Å². The SMILES string of the molecule is CCC(C)(C)CC(C)C1CCOCC1. The summed E-state index contributed by atoms with van der Waals surface area (Å²) in [6.07, 6.45) is 5.22. The summed E-state index contributed by atoms with van der Waals surface area (Å²) in [5, 5.41) is 0. The molecule has 0 aliphatic carbocycles. The maximum absolute atomic E-state index is 5.41. The molecule has 1 aliphatic heterocycles. The van der Waals surface area contributed by atoms with Gasteiger partial charge in [-0.3, -0.25) is 0 Å². The highest BCUT2D eigenvalue weighted by Gasteiger charge is 2.26. The Labute approximate surface area is 89.2 Å². The van der Waals surface area contributed by atoms with Gasteiger partial charge in [-0.2, -0.15) is 0 Å². The van der Waals surface area contributed by atoms with Crippen molar-refractivity contribution in [3.63, 3.8) is 0 Å². The zero-order chi connectivity index (χ0) is 10.6. The summed E-state index contributed by atoms with van der Waals surface area (Å²) in [4.78, 5) is 0. The van der Waals surface area contributed by atoms with E-state index in [9.17, 15) is 0 Å². The lowest BCUT2D eigenvalue weighted by atomic mass is 9.75. The number of ether oxygens (including phenoxy) is 1. The van der Waals surface area contributed by atoms with Crippen LogP contribution in [0.1, 0.15) is 53.4 Å². The Hall–Kier alpha value is -0.0400. The fraction of sp³-hybridized carbons (Fsp3) is 1.00.